The number of anilines is 2. The van der Waals surface area contributed by atoms with Crippen LogP contribution in [0.25, 0.3) is 0 Å². The Kier molecular flexibility index (Phi) is 6.26. The number of carbonyl (C=O) groups excluding carboxylic acids is 2. The Hall–Kier alpha value is -2.82. The molecule has 1 aliphatic carbocycles. The van der Waals surface area contributed by atoms with Gasteiger partial charge in [0.2, 0.25) is 5.91 Å². The van der Waals surface area contributed by atoms with Gasteiger partial charge in [0, 0.05) is 18.3 Å². The van der Waals surface area contributed by atoms with Gasteiger partial charge >= 0.3 is 0 Å². The summed E-state index contributed by atoms with van der Waals surface area (Å²) in [5, 5.41) is 3.16. The summed E-state index contributed by atoms with van der Waals surface area (Å²) in [6.45, 7) is 5.51. The van der Waals surface area contributed by atoms with Crippen LogP contribution in [0, 0.1) is 13.8 Å². The van der Waals surface area contributed by atoms with Crippen LogP contribution in [0.2, 0.25) is 0 Å². The highest BCUT2D eigenvalue weighted by Gasteiger charge is 2.47. The van der Waals surface area contributed by atoms with Gasteiger partial charge in [-0.2, -0.15) is 0 Å². The minimum Gasteiger partial charge on any atom is -0.497 e. The maximum atomic E-state index is 13.7. The highest BCUT2D eigenvalue weighted by Crippen LogP contribution is 2.39. The normalized spacial score (nSPS) is 15.4. The molecule has 0 unspecified atom stereocenters. The minimum absolute atomic E-state index is 0.111. The summed E-state index contributed by atoms with van der Waals surface area (Å²) in [5.74, 6) is 0.476. The minimum atomic E-state index is -0.895. The summed E-state index contributed by atoms with van der Waals surface area (Å²) in [6.07, 6.45) is 4.21. The standard InChI is InChI=1S/C24H30N2O3/c1-17-9-8-10-18(2)22(17)25-23(28)24(15-6-5-7-16-24)26(19(3)27)20-11-13-21(29-4)14-12-20/h8-14H,5-7,15-16H2,1-4H3,(H,25,28). The van der Waals surface area contributed by atoms with Crippen molar-refractivity contribution in [1.29, 1.82) is 0 Å². The average Bonchev–Trinajstić information content (AvgIpc) is 2.72. The molecule has 2 aromatic carbocycles. The highest BCUT2D eigenvalue weighted by atomic mass is 16.5. The van der Waals surface area contributed by atoms with Crippen LogP contribution in [0.4, 0.5) is 11.4 Å². The van der Waals surface area contributed by atoms with Crippen LogP contribution in [0.3, 0.4) is 0 Å². The van der Waals surface area contributed by atoms with Gasteiger partial charge in [-0.15, -0.1) is 0 Å². The molecule has 5 nitrogen and oxygen atoms in total. The summed E-state index contributed by atoms with van der Waals surface area (Å²) >= 11 is 0. The number of rotatable bonds is 5. The van der Waals surface area contributed by atoms with Gasteiger partial charge in [-0.05, 0) is 62.1 Å². The van der Waals surface area contributed by atoms with Gasteiger partial charge in [-0.25, -0.2) is 0 Å². The van der Waals surface area contributed by atoms with E-state index >= 15 is 0 Å². The number of ether oxygens (including phenoxy) is 1. The second kappa shape index (κ2) is 8.68. The molecule has 0 heterocycles. The lowest BCUT2D eigenvalue weighted by molar-refractivity contribution is -0.127. The van der Waals surface area contributed by atoms with Crippen LogP contribution in [0.1, 0.15) is 50.2 Å². The van der Waals surface area contributed by atoms with E-state index in [1.165, 1.54) is 6.92 Å². The third-order valence-corrected chi connectivity index (χ3v) is 5.90. The van der Waals surface area contributed by atoms with Crippen molar-refractivity contribution in [3.63, 3.8) is 0 Å². The van der Waals surface area contributed by atoms with Gasteiger partial charge in [-0.3, -0.25) is 14.5 Å². The van der Waals surface area contributed by atoms with E-state index in [9.17, 15) is 9.59 Å². The van der Waals surface area contributed by atoms with Crippen LogP contribution in [-0.2, 0) is 9.59 Å². The van der Waals surface area contributed by atoms with E-state index in [0.717, 1.165) is 47.5 Å². The van der Waals surface area contributed by atoms with Crippen molar-refractivity contribution in [3.05, 3.63) is 53.6 Å². The molecule has 5 heteroatoms. The summed E-state index contributed by atoms with van der Waals surface area (Å²) in [7, 11) is 1.61. The first-order chi connectivity index (χ1) is 13.9. The molecule has 3 rings (SSSR count). The molecule has 0 bridgehead atoms. The molecule has 0 aromatic heterocycles. The van der Waals surface area contributed by atoms with E-state index < -0.39 is 5.54 Å². The Labute approximate surface area is 173 Å². The molecule has 0 radical (unpaired) electrons. The number of hydrogen-bond donors (Lipinski definition) is 1. The zero-order chi connectivity index (χ0) is 21.0. The number of nitrogens with one attached hydrogen (secondary N) is 1. The number of para-hydroxylation sites is 1. The number of benzene rings is 2. The Balaban J connectivity index is 2.03. The topological polar surface area (TPSA) is 58.6 Å². The van der Waals surface area contributed by atoms with Crippen molar-refractivity contribution < 1.29 is 14.3 Å². The number of methoxy groups -OCH3 is 1. The van der Waals surface area contributed by atoms with Crippen LogP contribution in [0.15, 0.2) is 42.5 Å². The predicted molar refractivity (Wildman–Crippen MR) is 117 cm³/mol. The maximum absolute atomic E-state index is 13.7. The van der Waals surface area contributed by atoms with Gasteiger partial charge in [0.15, 0.2) is 0 Å². The Bertz CT molecular complexity index is 863. The van der Waals surface area contributed by atoms with Crippen LogP contribution < -0.4 is 15.0 Å². The molecule has 2 amide bonds. The number of amides is 2. The van der Waals surface area contributed by atoms with E-state index in [-0.39, 0.29) is 11.8 Å². The van der Waals surface area contributed by atoms with Gasteiger partial charge < -0.3 is 10.1 Å². The average molecular weight is 395 g/mol. The zero-order valence-electron chi connectivity index (χ0n) is 17.7. The smallest absolute Gasteiger partial charge is 0.250 e. The van der Waals surface area contributed by atoms with E-state index in [4.69, 9.17) is 4.74 Å². The molecule has 0 atom stereocenters. The number of aryl methyl sites for hydroxylation is 2. The van der Waals surface area contributed by atoms with E-state index in [1.54, 1.807) is 12.0 Å². The molecule has 1 N–H and O–H groups in total. The van der Waals surface area contributed by atoms with Gasteiger partial charge in [0.25, 0.3) is 5.91 Å². The summed E-state index contributed by atoms with van der Waals surface area (Å²) < 4.78 is 5.25. The fourth-order valence-electron chi connectivity index (χ4n) is 4.39. The molecule has 1 saturated carbocycles. The molecule has 154 valence electrons. The SMILES string of the molecule is COc1ccc(N(C(C)=O)C2(C(=O)Nc3c(C)cccc3C)CCCCC2)cc1. The summed E-state index contributed by atoms with van der Waals surface area (Å²) in [4.78, 5) is 28.2. The molecular formula is C24H30N2O3. The molecule has 2 aromatic rings. The molecular weight excluding hydrogens is 364 g/mol. The summed E-state index contributed by atoms with van der Waals surface area (Å²) in [6, 6.07) is 13.3. The van der Waals surface area contributed by atoms with Crippen molar-refractivity contribution in [3.8, 4) is 5.75 Å². The highest BCUT2D eigenvalue weighted by molar-refractivity contribution is 6.08. The second-order valence-corrected chi connectivity index (χ2v) is 7.87. The van der Waals surface area contributed by atoms with E-state index in [1.807, 2.05) is 56.3 Å². The van der Waals surface area contributed by atoms with Crippen molar-refractivity contribution in [2.75, 3.05) is 17.3 Å². The number of hydrogen-bond acceptors (Lipinski definition) is 3. The van der Waals surface area contributed by atoms with Crippen molar-refractivity contribution in [1.82, 2.24) is 0 Å². The first-order valence-corrected chi connectivity index (χ1v) is 10.2. The summed E-state index contributed by atoms with van der Waals surface area (Å²) in [5.41, 5.74) is 2.69. The first kappa shape index (κ1) is 20.9. The van der Waals surface area contributed by atoms with Gasteiger partial charge in [-0.1, -0.05) is 37.5 Å². The molecule has 1 aliphatic rings. The Morgan fingerprint density at radius 2 is 1.55 bits per heavy atom. The van der Waals surface area contributed by atoms with Crippen LogP contribution in [-0.4, -0.2) is 24.5 Å². The largest absolute Gasteiger partial charge is 0.497 e. The second-order valence-electron chi connectivity index (χ2n) is 7.87. The van der Waals surface area contributed by atoms with Crippen molar-refractivity contribution in [2.45, 2.75) is 58.4 Å². The van der Waals surface area contributed by atoms with E-state index in [0.29, 0.717) is 12.8 Å². The molecule has 0 aliphatic heterocycles. The van der Waals surface area contributed by atoms with Crippen molar-refractivity contribution >= 4 is 23.2 Å². The van der Waals surface area contributed by atoms with Gasteiger partial charge in [0.1, 0.15) is 11.3 Å². The number of carbonyl (C=O) groups is 2. The predicted octanol–water partition coefficient (Wildman–Crippen LogP) is 5.01. The first-order valence-electron chi connectivity index (χ1n) is 10.2. The van der Waals surface area contributed by atoms with Crippen molar-refractivity contribution in [2.24, 2.45) is 0 Å². The lowest BCUT2D eigenvalue weighted by Gasteiger charge is -2.44. The maximum Gasteiger partial charge on any atom is 0.250 e. The van der Waals surface area contributed by atoms with Crippen LogP contribution >= 0.6 is 0 Å². The lowest BCUT2D eigenvalue weighted by atomic mass is 9.78. The molecule has 0 spiro atoms. The fourth-order valence-corrected chi connectivity index (χ4v) is 4.39. The Morgan fingerprint density at radius 1 is 0.966 bits per heavy atom. The van der Waals surface area contributed by atoms with Crippen LogP contribution in [0.5, 0.6) is 5.75 Å². The molecule has 1 fully saturated rings. The Morgan fingerprint density at radius 3 is 2.07 bits per heavy atom. The third kappa shape index (κ3) is 4.14. The fraction of sp³-hybridized carbons (Fsp3) is 0.417. The lowest BCUT2D eigenvalue weighted by Crippen LogP contribution is -2.60. The molecule has 0 saturated heterocycles. The van der Waals surface area contributed by atoms with E-state index in [2.05, 4.69) is 5.32 Å². The zero-order valence-corrected chi connectivity index (χ0v) is 17.7. The monoisotopic (exact) mass is 394 g/mol. The number of nitrogens with zero attached hydrogens (tertiary/aromatic N) is 1. The van der Waals surface area contributed by atoms with Gasteiger partial charge in [0.05, 0.1) is 7.11 Å². The quantitative estimate of drug-likeness (QED) is 0.776. The molecule has 29 heavy (non-hydrogen) atoms. The third-order valence-electron chi connectivity index (χ3n) is 5.90.